The van der Waals surface area contributed by atoms with Crippen LogP contribution in [0.2, 0.25) is 0 Å². The van der Waals surface area contributed by atoms with Gasteiger partial charge in [-0.2, -0.15) is 0 Å². The second kappa shape index (κ2) is 7.78. The molecule has 0 spiro atoms. The zero-order valence-corrected chi connectivity index (χ0v) is 17.1. The number of rotatable bonds is 4. The van der Waals surface area contributed by atoms with Gasteiger partial charge in [0.05, 0.1) is 11.6 Å². The standard InChI is InChI=1S/C23H27N3O3/c1-15-10-12-26(13-11-15)19-7-4-17(5-8-19)16(2)24-22(27)18-6-9-21-20(14-18)25(3)23(28)29-21/h4-9,14-16H,10-13H2,1-3H3,(H,24,27). The molecule has 29 heavy (non-hydrogen) atoms. The lowest BCUT2D eigenvalue weighted by Crippen LogP contribution is -2.32. The van der Waals surface area contributed by atoms with Crippen molar-refractivity contribution in [3.8, 4) is 0 Å². The van der Waals surface area contributed by atoms with Gasteiger partial charge in [0.1, 0.15) is 0 Å². The Hall–Kier alpha value is -3.02. The first-order chi connectivity index (χ1) is 13.9. The summed E-state index contributed by atoms with van der Waals surface area (Å²) >= 11 is 0. The highest BCUT2D eigenvalue weighted by Crippen LogP contribution is 2.25. The molecule has 1 unspecified atom stereocenters. The van der Waals surface area contributed by atoms with Crippen LogP contribution < -0.4 is 16.0 Å². The molecule has 1 N–H and O–H groups in total. The lowest BCUT2D eigenvalue weighted by Gasteiger charge is -2.32. The Morgan fingerprint density at radius 1 is 1.14 bits per heavy atom. The first-order valence-electron chi connectivity index (χ1n) is 10.2. The van der Waals surface area contributed by atoms with Gasteiger partial charge in [-0.1, -0.05) is 19.1 Å². The number of nitrogens with zero attached hydrogens (tertiary/aromatic N) is 2. The van der Waals surface area contributed by atoms with Crippen molar-refractivity contribution < 1.29 is 9.21 Å². The summed E-state index contributed by atoms with van der Waals surface area (Å²) in [4.78, 5) is 26.8. The molecule has 4 rings (SSSR count). The molecule has 1 fully saturated rings. The molecule has 1 atom stereocenters. The van der Waals surface area contributed by atoms with E-state index < -0.39 is 5.76 Å². The minimum Gasteiger partial charge on any atom is -0.408 e. The van der Waals surface area contributed by atoms with Crippen molar-refractivity contribution in [1.29, 1.82) is 0 Å². The van der Waals surface area contributed by atoms with Crippen LogP contribution in [0.4, 0.5) is 5.69 Å². The second-order valence-corrected chi connectivity index (χ2v) is 8.07. The molecule has 1 saturated heterocycles. The Labute approximate surface area is 170 Å². The molecular formula is C23H27N3O3. The Morgan fingerprint density at radius 3 is 2.52 bits per heavy atom. The highest BCUT2D eigenvalue weighted by molar-refractivity contribution is 5.97. The average molecular weight is 393 g/mol. The Kier molecular flexibility index (Phi) is 5.18. The first kappa shape index (κ1) is 19.3. The number of carbonyl (C=O) groups is 1. The van der Waals surface area contributed by atoms with Crippen LogP contribution in [0.5, 0.6) is 0 Å². The monoisotopic (exact) mass is 393 g/mol. The molecule has 152 valence electrons. The molecule has 1 amide bonds. The van der Waals surface area contributed by atoms with Crippen LogP contribution in [0.1, 0.15) is 48.7 Å². The number of hydrogen-bond acceptors (Lipinski definition) is 4. The van der Waals surface area contributed by atoms with Gasteiger partial charge in [-0.15, -0.1) is 0 Å². The number of nitrogens with one attached hydrogen (secondary N) is 1. The quantitative estimate of drug-likeness (QED) is 0.731. The van der Waals surface area contributed by atoms with Gasteiger partial charge in [0, 0.05) is 31.4 Å². The van der Waals surface area contributed by atoms with Crippen molar-refractivity contribution in [1.82, 2.24) is 9.88 Å². The van der Waals surface area contributed by atoms with Gasteiger partial charge in [0.25, 0.3) is 5.91 Å². The Balaban J connectivity index is 1.44. The Morgan fingerprint density at radius 2 is 1.83 bits per heavy atom. The van der Waals surface area contributed by atoms with Crippen LogP contribution in [0.25, 0.3) is 11.1 Å². The van der Waals surface area contributed by atoms with Gasteiger partial charge in [-0.25, -0.2) is 4.79 Å². The fourth-order valence-electron chi connectivity index (χ4n) is 3.87. The van der Waals surface area contributed by atoms with Gasteiger partial charge >= 0.3 is 5.76 Å². The summed E-state index contributed by atoms with van der Waals surface area (Å²) in [7, 11) is 1.63. The molecule has 3 aromatic rings. The Bertz CT molecular complexity index is 1070. The third-order valence-corrected chi connectivity index (χ3v) is 5.94. The topological polar surface area (TPSA) is 67.5 Å². The first-order valence-corrected chi connectivity index (χ1v) is 10.2. The van der Waals surface area contributed by atoms with Crippen molar-refractivity contribution in [2.75, 3.05) is 18.0 Å². The average Bonchev–Trinajstić information content (AvgIpc) is 3.02. The molecule has 1 aliphatic rings. The number of fused-ring (bicyclic) bond motifs is 1. The van der Waals surface area contributed by atoms with Gasteiger partial charge in [-0.3, -0.25) is 9.36 Å². The number of piperidine rings is 1. The van der Waals surface area contributed by atoms with Crippen LogP contribution in [0, 0.1) is 5.92 Å². The molecule has 2 heterocycles. The number of oxazole rings is 1. The fraction of sp³-hybridized carbons (Fsp3) is 0.391. The third kappa shape index (κ3) is 3.92. The van der Waals surface area contributed by atoms with E-state index in [2.05, 4.69) is 41.4 Å². The SMILES string of the molecule is CC1CCN(c2ccc(C(C)NC(=O)c3ccc4oc(=O)n(C)c4c3)cc2)CC1. The highest BCUT2D eigenvalue weighted by atomic mass is 16.4. The smallest absolute Gasteiger partial charge is 0.408 e. The van der Waals surface area contributed by atoms with Crippen LogP contribution in [0.15, 0.2) is 51.7 Å². The predicted molar refractivity (Wildman–Crippen MR) is 114 cm³/mol. The summed E-state index contributed by atoms with van der Waals surface area (Å²) in [5, 5.41) is 3.04. The van der Waals surface area contributed by atoms with Crippen molar-refractivity contribution in [3.05, 3.63) is 64.1 Å². The van der Waals surface area contributed by atoms with E-state index in [-0.39, 0.29) is 11.9 Å². The summed E-state index contributed by atoms with van der Waals surface area (Å²) in [6, 6.07) is 13.3. The minimum atomic E-state index is -0.436. The molecule has 0 bridgehead atoms. The van der Waals surface area contributed by atoms with Gasteiger partial charge in [0.2, 0.25) is 0 Å². The van der Waals surface area contributed by atoms with Gasteiger partial charge in [0.15, 0.2) is 5.58 Å². The summed E-state index contributed by atoms with van der Waals surface area (Å²) in [6.45, 7) is 6.49. The third-order valence-electron chi connectivity index (χ3n) is 5.94. The van der Waals surface area contributed by atoms with Crippen LogP contribution in [0.3, 0.4) is 0 Å². The summed E-state index contributed by atoms with van der Waals surface area (Å²) in [5.74, 6) is 0.195. The maximum Gasteiger partial charge on any atom is 0.419 e. The van der Waals surface area contributed by atoms with E-state index in [4.69, 9.17) is 4.42 Å². The van der Waals surface area contributed by atoms with E-state index in [0.29, 0.717) is 16.7 Å². The molecule has 6 heteroatoms. The van der Waals surface area contributed by atoms with E-state index in [1.165, 1.54) is 23.1 Å². The summed E-state index contributed by atoms with van der Waals surface area (Å²) in [5.41, 5.74) is 3.88. The van der Waals surface area contributed by atoms with E-state index in [1.54, 1.807) is 25.2 Å². The molecular weight excluding hydrogens is 366 g/mol. The molecule has 0 aliphatic carbocycles. The normalized spacial score (nSPS) is 16.2. The number of benzene rings is 2. The van der Waals surface area contributed by atoms with Crippen LogP contribution >= 0.6 is 0 Å². The number of amides is 1. The maximum atomic E-state index is 12.7. The molecule has 2 aromatic carbocycles. The molecule has 0 saturated carbocycles. The summed E-state index contributed by atoms with van der Waals surface area (Å²) < 4.78 is 6.52. The van der Waals surface area contributed by atoms with E-state index in [0.717, 1.165) is 24.6 Å². The zero-order chi connectivity index (χ0) is 20.5. The van der Waals surface area contributed by atoms with Crippen molar-refractivity contribution in [2.45, 2.75) is 32.7 Å². The fourth-order valence-corrected chi connectivity index (χ4v) is 3.87. The number of hydrogen-bond donors (Lipinski definition) is 1. The van der Waals surface area contributed by atoms with Gasteiger partial charge in [-0.05, 0) is 61.6 Å². The lowest BCUT2D eigenvalue weighted by molar-refractivity contribution is 0.0940. The number of carbonyl (C=O) groups excluding carboxylic acids is 1. The minimum absolute atomic E-state index is 0.123. The predicted octanol–water partition coefficient (Wildman–Crippen LogP) is 3.86. The number of aromatic nitrogens is 1. The molecule has 0 radical (unpaired) electrons. The zero-order valence-electron chi connectivity index (χ0n) is 17.1. The highest BCUT2D eigenvalue weighted by Gasteiger charge is 2.17. The number of anilines is 1. The second-order valence-electron chi connectivity index (χ2n) is 8.07. The van der Waals surface area contributed by atoms with Crippen molar-refractivity contribution in [3.63, 3.8) is 0 Å². The maximum absolute atomic E-state index is 12.7. The largest absolute Gasteiger partial charge is 0.419 e. The molecule has 1 aliphatic heterocycles. The van der Waals surface area contributed by atoms with Crippen LogP contribution in [-0.4, -0.2) is 23.6 Å². The van der Waals surface area contributed by atoms with E-state index in [1.807, 2.05) is 6.92 Å². The number of aryl methyl sites for hydroxylation is 1. The van der Waals surface area contributed by atoms with Crippen molar-refractivity contribution in [2.24, 2.45) is 13.0 Å². The van der Waals surface area contributed by atoms with Crippen molar-refractivity contribution >= 4 is 22.7 Å². The van der Waals surface area contributed by atoms with E-state index >= 15 is 0 Å². The van der Waals surface area contributed by atoms with E-state index in [9.17, 15) is 9.59 Å². The lowest BCUT2D eigenvalue weighted by atomic mass is 9.98. The summed E-state index contributed by atoms with van der Waals surface area (Å²) in [6.07, 6.45) is 2.47. The molecule has 1 aromatic heterocycles. The van der Waals surface area contributed by atoms with Crippen LogP contribution in [-0.2, 0) is 7.05 Å². The molecule has 6 nitrogen and oxygen atoms in total. The van der Waals surface area contributed by atoms with Gasteiger partial charge < -0.3 is 14.6 Å².